The van der Waals surface area contributed by atoms with E-state index in [2.05, 4.69) is 5.32 Å². The van der Waals surface area contributed by atoms with E-state index in [-0.39, 0.29) is 10.6 Å². The van der Waals surface area contributed by atoms with Crippen molar-refractivity contribution in [2.45, 2.75) is 38.0 Å². The van der Waals surface area contributed by atoms with Gasteiger partial charge in [-0.25, -0.2) is 0 Å². The Morgan fingerprint density at radius 2 is 2.21 bits per heavy atom. The number of rotatable bonds is 4. The lowest BCUT2D eigenvalue weighted by Crippen LogP contribution is -2.54. The van der Waals surface area contributed by atoms with Crippen LogP contribution in [0.4, 0.5) is 5.69 Å². The first-order chi connectivity index (χ1) is 11.7. The number of furan rings is 1. The number of nitrogens with one attached hydrogen (secondary N) is 1. The maximum Gasteiger partial charge on any atom is 0.270 e. The molecule has 2 heterocycles. The molecule has 0 radical (unpaired) electrons. The Kier molecular flexibility index (Phi) is 3.61. The first-order valence-electron chi connectivity index (χ1n) is 8.12. The lowest BCUT2D eigenvalue weighted by atomic mass is 9.83. The van der Waals surface area contributed by atoms with Gasteiger partial charge in [0.1, 0.15) is 11.5 Å². The van der Waals surface area contributed by atoms with Crippen LogP contribution in [0.2, 0.25) is 0 Å². The number of nitro groups is 1. The van der Waals surface area contributed by atoms with E-state index < -0.39 is 5.72 Å². The normalized spacial score (nSPS) is 22.1. The summed E-state index contributed by atoms with van der Waals surface area (Å²) in [5.41, 5.74) is 1.46. The quantitative estimate of drug-likeness (QED) is 0.678. The summed E-state index contributed by atoms with van der Waals surface area (Å²) in [4.78, 5) is 10.6. The summed E-state index contributed by atoms with van der Waals surface area (Å²) in [7, 11) is 0. The summed E-state index contributed by atoms with van der Waals surface area (Å²) in [6, 6.07) is 8.54. The van der Waals surface area contributed by atoms with Crippen LogP contribution in [0.15, 0.2) is 46.6 Å². The monoisotopic (exact) mass is 326 g/mol. The molecule has 124 valence electrons. The van der Waals surface area contributed by atoms with Crippen LogP contribution in [0.1, 0.15) is 37.0 Å². The van der Waals surface area contributed by atoms with Gasteiger partial charge in [0.2, 0.25) is 0 Å². The van der Waals surface area contributed by atoms with Crippen LogP contribution >= 0.6 is 0 Å². The molecular formula is C18H18N2O4. The van der Waals surface area contributed by atoms with Gasteiger partial charge < -0.3 is 9.15 Å². The van der Waals surface area contributed by atoms with Crippen molar-refractivity contribution in [3.05, 3.63) is 63.6 Å². The summed E-state index contributed by atoms with van der Waals surface area (Å²) in [6.07, 6.45) is 7.67. The Labute approximate surface area is 139 Å². The Balaban J connectivity index is 1.66. The average molecular weight is 326 g/mol. The van der Waals surface area contributed by atoms with Crippen molar-refractivity contribution in [1.82, 2.24) is 5.32 Å². The third kappa shape index (κ3) is 2.59. The molecule has 4 rings (SSSR count). The van der Waals surface area contributed by atoms with E-state index in [9.17, 15) is 10.1 Å². The van der Waals surface area contributed by atoms with E-state index in [1.54, 1.807) is 18.4 Å². The van der Waals surface area contributed by atoms with Crippen LogP contribution in [0.25, 0.3) is 6.08 Å². The minimum absolute atomic E-state index is 0.0843. The highest BCUT2D eigenvalue weighted by Gasteiger charge is 2.41. The number of hydrogen-bond donors (Lipinski definition) is 1. The zero-order chi connectivity index (χ0) is 16.6. The summed E-state index contributed by atoms with van der Waals surface area (Å²) in [6.45, 7) is 0.576. The molecule has 0 spiro atoms. The highest BCUT2D eigenvalue weighted by atomic mass is 16.6. The third-order valence-electron chi connectivity index (χ3n) is 4.69. The van der Waals surface area contributed by atoms with E-state index in [0.29, 0.717) is 12.3 Å². The van der Waals surface area contributed by atoms with E-state index in [0.717, 1.165) is 42.6 Å². The van der Waals surface area contributed by atoms with Gasteiger partial charge in [-0.3, -0.25) is 15.4 Å². The van der Waals surface area contributed by atoms with Crippen LogP contribution in [0, 0.1) is 10.1 Å². The minimum atomic E-state index is -0.547. The number of benzene rings is 1. The van der Waals surface area contributed by atoms with E-state index in [4.69, 9.17) is 9.15 Å². The zero-order valence-electron chi connectivity index (χ0n) is 13.2. The van der Waals surface area contributed by atoms with E-state index in [1.807, 2.05) is 18.2 Å². The van der Waals surface area contributed by atoms with Gasteiger partial charge in [-0.05, 0) is 49.1 Å². The van der Waals surface area contributed by atoms with Gasteiger partial charge in [-0.1, -0.05) is 0 Å². The molecule has 6 heteroatoms. The van der Waals surface area contributed by atoms with Crippen molar-refractivity contribution in [2.24, 2.45) is 0 Å². The van der Waals surface area contributed by atoms with E-state index in [1.165, 1.54) is 6.07 Å². The number of ether oxygens (including phenoxy) is 1. The molecule has 2 aromatic rings. The van der Waals surface area contributed by atoms with Crippen LogP contribution < -0.4 is 10.1 Å². The standard InChI is InChI=1S/C18H18N2O4/c21-20(22)15-6-7-17-13(11-15)10-14-4-1-2-8-18(14,24-17)19-12-16-5-3-9-23-16/h3,5-7,9-11,19H,1-2,4,8,12H2/t18-/m1/s1. The minimum Gasteiger partial charge on any atom is -0.468 e. The second-order valence-corrected chi connectivity index (χ2v) is 6.22. The Hall–Kier alpha value is -2.60. The number of nitro benzene ring substituents is 1. The Morgan fingerprint density at radius 1 is 1.29 bits per heavy atom. The molecule has 0 amide bonds. The molecule has 1 fully saturated rings. The Morgan fingerprint density at radius 3 is 3.00 bits per heavy atom. The molecule has 0 unspecified atom stereocenters. The predicted molar refractivity (Wildman–Crippen MR) is 88.4 cm³/mol. The fourth-order valence-electron chi connectivity index (χ4n) is 3.47. The fourth-order valence-corrected chi connectivity index (χ4v) is 3.47. The molecule has 1 aromatic heterocycles. The first kappa shape index (κ1) is 15.0. The molecule has 1 atom stereocenters. The maximum atomic E-state index is 11.0. The third-order valence-corrected chi connectivity index (χ3v) is 4.69. The van der Waals surface area contributed by atoms with Gasteiger partial charge >= 0.3 is 0 Å². The van der Waals surface area contributed by atoms with Crippen molar-refractivity contribution in [3.8, 4) is 5.75 Å². The largest absolute Gasteiger partial charge is 0.468 e. The van der Waals surface area contributed by atoms with Crippen molar-refractivity contribution in [1.29, 1.82) is 0 Å². The molecule has 1 aliphatic heterocycles. The maximum absolute atomic E-state index is 11.0. The molecule has 1 saturated carbocycles. The molecule has 1 aliphatic carbocycles. The van der Waals surface area contributed by atoms with Crippen LogP contribution in [0.5, 0.6) is 5.75 Å². The van der Waals surface area contributed by atoms with Gasteiger partial charge in [0.15, 0.2) is 5.72 Å². The summed E-state index contributed by atoms with van der Waals surface area (Å²) < 4.78 is 11.7. The lowest BCUT2D eigenvalue weighted by Gasteiger charge is -2.43. The molecule has 1 aromatic carbocycles. The van der Waals surface area contributed by atoms with Crippen molar-refractivity contribution in [3.63, 3.8) is 0 Å². The molecule has 24 heavy (non-hydrogen) atoms. The number of fused-ring (bicyclic) bond motifs is 2. The number of hydrogen-bond acceptors (Lipinski definition) is 5. The van der Waals surface area contributed by atoms with Crippen LogP contribution in [0.3, 0.4) is 0 Å². The number of nitrogens with zero attached hydrogens (tertiary/aromatic N) is 1. The van der Waals surface area contributed by atoms with Gasteiger partial charge in [0.25, 0.3) is 5.69 Å². The zero-order valence-corrected chi connectivity index (χ0v) is 13.2. The average Bonchev–Trinajstić information content (AvgIpc) is 3.11. The lowest BCUT2D eigenvalue weighted by molar-refractivity contribution is -0.384. The number of non-ortho nitro benzene ring substituents is 1. The van der Waals surface area contributed by atoms with Gasteiger partial charge in [-0.15, -0.1) is 0 Å². The molecule has 2 aliphatic rings. The molecule has 1 N–H and O–H groups in total. The SMILES string of the molecule is O=[N+]([O-])c1ccc2c(c1)C=C1CCCC[C@@]1(NCc1ccco1)O2. The Bertz CT molecular complexity index is 797. The van der Waals surface area contributed by atoms with Crippen LogP contribution in [-0.4, -0.2) is 10.6 Å². The van der Waals surface area contributed by atoms with Gasteiger partial charge in [-0.2, -0.15) is 0 Å². The molecular weight excluding hydrogens is 308 g/mol. The van der Waals surface area contributed by atoms with E-state index >= 15 is 0 Å². The van der Waals surface area contributed by atoms with Crippen molar-refractivity contribution in [2.75, 3.05) is 0 Å². The molecule has 6 nitrogen and oxygen atoms in total. The second kappa shape index (κ2) is 5.79. The first-order valence-corrected chi connectivity index (χ1v) is 8.12. The second-order valence-electron chi connectivity index (χ2n) is 6.22. The fraction of sp³-hybridized carbons (Fsp3) is 0.333. The predicted octanol–water partition coefficient (Wildman–Crippen LogP) is 4.02. The summed E-state index contributed by atoms with van der Waals surface area (Å²) >= 11 is 0. The van der Waals surface area contributed by atoms with Gasteiger partial charge in [0.05, 0.1) is 17.7 Å². The smallest absolute Gasteiger partial charge is 0.270 e. The topological polar surface area (TPSA) is 77.5 Å². The highest BCUT2D eigenvalue weighted by molar-refractivity contribution is 5.67. The summed E-state index contributed by atoms with van der Waals surface area (Å²) in [5, 5.41) is 14.5. The van der Waals surface area contributed by atoms with Crippen molar-refractivity contribution >= 4 is 11.8 Å². The summed E-state index contributed by atoms with van der Waals surface area (Å²) in [5.74, 6) is 1.53. The van der Waals surface area contributed by atoms with Crippen molar-refractivity contribution < 1.29 is 14.1 Å². The van der Waals surface area contributed by atoms with Gasteiger partial charge in [0, 0.05) is 24.1 Å². The van der Waals surface area contributed by atoms with Crippen LogP contribution in [-0.2, 0) is 6.54 Å². The molecule has 0 bridgehead atoms. The molecule has 0 saturated heterocycles. The highest BCUT2D eigenvalue weighted by Crippen LogP contribution is 2.43.